The van der Waals surface area contributed by atoms with Crippen molar-refractivity contribution in [3.8, 4) is 0 Å². The highest BCUT2D eigenvalue weighted by molar-refractivity contribution is 4.79. The molecule has 1 aliphatic heterocycles. The van der Waals surface area contributed by atoms with Gasteiger partial charge in [-0.3, -0.25) is 0 Å². The molecule has 0 unspecified atom stereocenters. The quantitative estimate of drug-likeness (QED) is 0.708. The maximum absolute atomic E-state index is 2.72. The molecule has 0 aromatic heterocycles. The molecule has 1 aliphatic rings. The SMILES string of the molecule is CCC(C)C.CCCN(CC(C)C)C1CCN(C)CC1. The molecule has 122 valence electrons. The molecule has 1 heterocycles. The first-order chi connectivity index (χ1) is 9.40. The molecule has 0 aliphatic carbocycles. The molecule has 0 aromatic carbocycles. The minimum atomic E-state index is 0.802. The van der Waals surface area contributed by atoms with Crippen molar-refractivity contribution in [3.63, 3.8) is 0 Å². The van der Waals surface area contributed by atoms with Gasteiger partial charge in [0.25, 0.3) is 0 Å². The van der Waals surface area contributed by atoms with Crippen LogP contribution in [0.2, 0.25) is 0 Å². The zero-order valence-corrected chi connectivity index (χ0v) is 15.3. The summed E-state index contributed by atoms with van der Waals surface area (Å²) in [5.41, 5.74) is 0. The third kappa shape index (κ3) is 9.77. The van der Waals surface area contributed by atoms with E-state index in [0.717, 1.165) is 17.9 Å². The average Bonchev–Trinajstić information content (AvgIpc) is 2.39. The van der Waals surface area contributed by atoms with Gasteiger partial charge in [0, 0.05) is 12.6 Å². The fourth-order valence-corrected chi connectivity index (χ4v) is 2.54. The Hall–Kier alpha value is -0.0800. The number of likely N-dealkylation sites (tertiary alicyclic amines) is 1. The summed E-state index contributed by atoms with van der Waals surface area (Å²) in [6.07, 6.45) is 5.32. The molecule has 2 heteroatoms. The second-order valence-electron chi connectivity index (χ2n) is 7.23. The van der Waals surface area contributed by atoms with Crippen molar-refractivity contribution in [2.75, 3.05) is 33.2 Å². The van der Waals surface area contributed by atoms with Crippen molar-refractivity contribution in [1.29, 1.82) is 0 Å². The summed E-state index contributed by atoms with van der Waals surface area (Å²) in [5.74, 6) is 1.69. The van der Waals surface area contributed by atoms with Crippen LogP contribution >= 0.6 is 0 Å². The van der Waals surface area contributed by atoms with E-state index in [1.54, 1.807) is 0 Å². The Balaban J connectivity index is 0.000000621. The molecule has 0 amide bonds. The second-order valence-corrected chi connectivity index (χ2v) is 7.23. The van der Waals surface area contributed by atoms with Gasteiger partial charge in [-0.25, -0.2) is 0 Å². The maximum Gasteiger partial charge on any atom is 0.0120 e. The third-order valence-corrected chi connectivity index (χ3v) is 4.13. The first-order valence-electron chi connectivity index (χ1n) is 8.83. The highest BCUT2D eigenvalue weighted by Gasteiger charge is 2.22. The molecule has 0 aromatic rings. The molecule has 0 N–H and O–H groups in total. The summed E-state index contributed by atoms with van der Waals surface area (Å²) in [7, 11) is 2.24. The summed E-state index contributed by atoms with van der Waals surface area (Å²) < 4.78 is 0. The normalized spacial score (nSPS) is 17.7. The molecule has 0 spiro atoms. The number of piperidine rings is 1. The van der Waals surface area contributed by atoms with E-state index in [-0.39, 0.29) is 0 Å². The summed E-state index contributed by atoms with van der Waals surface area (Å²) in [6, 6.07) is 0.851. The highest BCUT2D eigenvalue weighted by atomic mass is 15.2. The van der Waals surface area contributed by atoms with Crippen LogP contribution in [0.5, 0.6) is 0 Å². The number of hydrogen-bond acceptors (Lipinski definition) is 2. The predicted molar refractivity (Wildman–Crippen MR) is 92.4 cm³/mol. The van der Waals surface area contributed by atoms with Crippen LogP contribution in [0.25, 0.3) is 0 Å². The van der Waals surface area contributed by atoms with Gasteiger partial charge in [-0.05, 0) is 57.8 Å². The smallest absolute Gasteiger partial charge is 0.0120 e. The van der Waals surface area contributed by atoms with Crippen LogP contribution in [-0.4, -0.2) is 49.1 Å². The van der Waals surface area contributed by atoms with Crippen LogP contribution in [0.15, 0.2) is 0 Å². The van der Waals surface area contributed by atoms with Gasteiger partial charge in [0.05, 0.1) is 0 Å². The van der Waals surface area contributed by atoms with Gasteiger partial charge in [-0.1, -0.05) is 48.0 Å². The first-order valence-corrected chi connectivity index (χ1v) is 8.83. The van der Waals surface area contributed by atoms with E-state index < -0.39 is 0 Å². The van der Waals surface area contributed by atoms with E-state index in [0.29, 0.717) is 0 Å². The van der Waals surface area contributed by atoms with Gasteiger partial charge in [0.1, 0.15) is 0 Å². The minimum absolute atomic E-state index is 0.802. The van der Waals surface area contributed by atoms with Gasteiger partial charge >= 0.3 is 0 Å². The number of rotatable bonds is 6. The lowest BCUT2D eigenvalue weighted by molar-refractivity contribution is 0.109. The molecule has 1 fully saturated rings. The Morgan fingerprint density at radius 1 is 1.00 bits per heavy atom. The van der Waals surface area contributed by atoms with E-state index in [9.17, 15) is 0 Å². The van der Waals surface area contributed by atoms with Crippen molar-refractivity contribution < 1.29 is 0 Å². The van der Waals surface area contributed by atoms with Crippen LogP contribution in [0.3, 0.4) is 0 Å². The lowest BCUT2D eigenvalue weighted by atomic mass is 10.0. The molecule has 0 atom stereocenters. The Morgan fingerprint density at radius 3 is 1.85 bits per heavy atom. The Bertz CT molecular complexity index is 205. The fourth-order valence-electron chi connectivity index (χ4n) is 2.54. The summed E-state index contributed by atoms with van der Waals surface area (Å²) in [6.45, 7) is 18.7. The van der Waals surface area contributed by atoms with Crippen LogP contribution < -0.4 is 0 Å². The lowest BCUT2D eigenvalue weighted by Crippen LogP contribution is -2.45. The summed E-state index contributed by atoms with van der Waals surface area (Å²) >= 11 is 0. The zero-order chi connectivity index (χ0) is 15.5. The van der Waals surface area contributed by atoms with Crippen LogP contribution in [0.4, 0.5) is 0 Å². The Kier molecular flexibility index (Phi) is 11.5. The van der Waals surface area contributed by atoms with Gasteiger partial charge in [-0.15, -0.1) is 0 Å². The average molecular weight is 285 g/mol. The Labute approximate surface area is 128 Å². The van der Waals surface area contributed by atoms with E-state index in [1.165, 1.54) is 51.9 Å². The molecular weight excluding hydrogens is 244 g/mol. The fraction of sp³-hybridized carbons (Fsp3) is 1.00. The zero-order valence-electron chi connectivity index (χ0n) is 15.3. The van der Waals surface area contributed by atoms with Crippen molar-refractivity contribution in [1.82, 2.24) is 9.80 Å². The van der Waals surface area contributed by atoms with E-state index in [2.05, 4.69) is 58.4 Å². The van der Waals surface area contributed by atoms with E-state index >= 15 is 0 Å². The number of nitrogens with zero attached hydrogens (tertiary/aromatic N) is 2. The highest BCUT2D eigenvalue weighted by Crippen LogP contribution is 2.17. The Morgan fingerprint density at radius 2 is 1.50 bits per heavy atom. The summed E-state index contributed by atoms with van der Waals surface area (Å²) in [4.78, 5) is 5.17. The topological polar surface area (TPSA) is 6.48 Å². The lowest BCUT2D eigenvalue weighted by Gasteiger charge is -2.38. The second kappa shape index (κ2) is 11.6. The van der Waals surface area contributed by atoms with Gasteiger partial charge in [-0.2, -0.15) is 0 Å². The largest absolute Gasteiger partial charge is 0.306 e. The van der Waals surface area contributed by atoms with E-state index in [4.69, 9.17) is 0 Å². The summed E-state index contributed by atoms with van der Waals surface area (Å²) in [5, 5.41) is 0. The maximum atomic E-state index is 2.72. The molecule has 2 nitrogen and oxygen atoms in total. The van der Waals surface area contributed by atoms with Crippen molar-refractivity contribution >= 4 is 0 Å². The third-order valence-electron chi connectivity index (χ3n) is 4.13. The molecule has 0 radical (unpaired) electrons. The molecule has 1 rings (SSSR count). The molecule has 0 bridgehead atoms. The predicted octanol–water partition coefficient (Wildman–Crippen LogP) is 4.50. The van der Waals surface area contributed by atoms with Crippen molar-refractivity contribution in [3.05, 3.63) is 0 Å². The van der Waals surface area contributed by atoms with Crippen LogP contribution in [0, 0.1) is 11.8 Å². The van der Waals surface area contributed by atoms with Gasteiger partial charge in [0.15, 0.2) is 0 Å². The molecular formula is C18H40N2. The van der Waals surface area contributed by atoms with Crippen molar-refractivity contribution in [2.45, 2.75) is 73.3 Å². The van der Waals surface area contributed by atoms with E-state index in [1.807, 2.05) is 0 Å². The molecule has 20 heavy (non-hydrogen) atoms. The van der Waals surface area contributed by atoms with Crippen LogP contribution in [-0.2, 0) is 0 Å². The standard InChI is InChI=1S/C13H28N2.C5H12/c1-5-8-15(11-12(2)3)13-6-9-14(4)10-7-13;1-4-5(2)3/h12-13H,5-11H2,1-4H3;5H,4H2,1-3H3. The minimum Gasteiger partial charge on any atom is -0.306 e. The number of hydrogen-bond donors (Lipinski definition) is 0. The van der Waals surface area contributed by atoms with Crippen molar-refractivity contribution in [2.24, 2.45) is 11.8 Å². The van der Waals surface area contributed by atoms with Gasteiger partial charge < -0.3 is 9.80 Å². The van der Waals surface area contributed by atoms with Gasteiger partial charge in [0.2, 0.25) is 0 Å². The molecule has 1 saturated heterocycles. The molecule has 0 saturated carbocycles. The first kappa shape index (κ1) is 19.9. The monoisotopic (exact) mass is 284 g/mol. The van der Waals surface area contributed by atoms with Crippen LogP contribution in [0.1, 0.15) is 67.2 Å².